The Hall–Kier alpha value is -2.11. The summed E-state index contributed by atoms with van der Waals surface area (Å²) in [6.07, 6.45) is -4.81. The van der Waals surface area contributed by atoms with Crippen LogP contribution in [0, 0.1) is 4.77 Å². The van der Waals surface area contributed by atoms with Crippen molar-refractivity contribution in [2.45, 2.75) is 57.4 Å². The lowest BCUT2D eigenvalue weighted by atomic mass is 9.96. The quantitative estimate of drug-likeness (QED) is 0.525. The number of carbonyl (C=O) groups excluding carboxylic acids is 1. The molecule has 1 aliphatic heterocycles. The number of aromatic nitrogens is 3. The van der Waals surface area contributed by atoms with Crippen molar-refractivity contribution in [2.24, 2.45) is 0 Å². The van der Waals surface area contributed by atoms with E-state index in [1.54, 1.807) is 0 Å². The fourth-order valence-corrected chi connectivity index (χ4v) is 3.95. The Balaban J connectivity index is 2.14. The monoisotopic (exact) mass is 422 g/mol. The van der Waals surface area contributed by atoms with Gasteiger partial charge in [0.25, 0.3) is 0 Å². The van der Waals surface area contributed by atoms with Gasteiger partial charge in [-0.05, 0) is 26.1 Å². The van der Waals surface area contributed by atoms with Crippen LogP contribution in [-0.4, -0.2) is 66.5 Å². The van der Waals surface area contributed by atoms with Crippen molar-refractivity contribution in [1.82, 2.24) is 19.7 Å². The molecule has 0 bridgehead atoms. The van der Waals surface area contributed by atoms with Crippen molar-refractivity contribution in [3.8, 4) is 11.4 Å². The normalized spacial score (nSPS) is 27.2. The number of rotatable bonds is 5. The number of nitrogens with zero attached hydrogens (tertiary/aromatic N) is 3. The van der Waals surface area contributed by atoms with Crippen LogP contribution in [0.3, 0.4) is 0 Å². The van der Waals surface area contributed by atoms with Gasteiger partial charge in [-0.25, -0.2) is 4.68 Å². The molecule has 4 N–H and O–H groups in total. The average molecular weight is 423 g/mol. The molecule has 0 radical (unpaired) electrons. The van der Waals surface area contributed by atoms with E-state index in [9.17, 15) is 20.1 Å². The molecule has 0 unspecified atom stereocenters. The van der Waals surface area contributed by atoms with Gasteiger partial charge in [0.05, 0.1) is 6.61 Å². The van der Waals surface area contributed by atoms with Crippen LogP contribution in [0.15, 0.2) is 30.3 Å². The van der Waals surface area contributed by atoms with Gasteiger partial charge in [-0.15, -0.1) is 5.10 Å². The molecular formula is C19H26N4O5S. The van der Waals surface area contributed by atoms with E-state index in [0.29, 0.717) is 10.6 Å². The molecular weight excluding hydrogens is 396 g/mol. The Labute approximate surface area is 173 Å². The lowest BCUT2D eigenvalue weighted by Crippen LogP contribution is -2.62. The predicted octanol–water partition coefficient (Wildman–Crippen LogP) is 0.778. The third kappa shape index (κ3) is 4.12. The average Bonchev–Trinajstić information content (AvgIpc) is 3.03. The number of hydrogen-bond donors (Lipinski definition) is 4. The van der Waals surface area contributed by atoms with Gasteiger partial charge >= 0.3 is 0 Å². The summed E-state index contributed by atoms with van der Waals surface area (Å²) in [5.74, 6) is 0.201. The second-order valence-electron chi connectivity index (χ2n) is 7.34. The fraction of sp³-hybridized carbons (Fsp3) is 0.526. The van der Waals surface area contributed by atoms with E-state index < -0.39 is 43.1 Å². The SMILES string of the molecule is CC(=O)N[C@@H]1[C@@H](O)[C@H](O)[C@@H](CO)O[C@H]1n1nc(-c2ccccc2)n(C(C)C)c1=S. The minimum Gasteiger partial charge on any atom is -0.394 e. The highest BCUT2D eigenvalue weighted by molar-refractivity contribution is 7.71. The fourth-order valence-electron chi connectivity index (χ4n) is 3.51. The molecule has 1 fully saturated rings. The summed E-state index contributed by atoms with van der Waals surface area (Å²) in [5.41, 5.74) is 0.845. The Morgan fingerprint density at radius 1 is 1.28 bits per heavy atom. The van der Waals surface area contributed by atoms with Crippen LogP contribution in [-0.2, 0) is 9.53 Å². The molecule has 5 atom stereocenters. The minimum atomic E-state index is -1.37. The lowest BCUT2D eigenvalue weighted by Gasteiger charge is -2.42. The Bertz CT molecular complexity index is 913. The summed E-state index contributed by atoms with van der Waals surface area (Å²) in [6, 6.07) is 8.47. The molecule has 1 aromatic heterocycles. The maximum absolute atomic E-state index is 11.7. The number of ether oxygens (including phenoxy) is 1. The van der Waals surface area contributed by atoms with Gasteiger partial charge in [0.2, 0.25) is 10.7 Å². The smallest absolute Gasteiger partial charge is 0.217 e. The second-order valence-corrected chi connectivity index (χ2v) is 7.70. The van der Waals surface area contributed by atoms with Gasteiger partial charge < -0.3 is 25.4 Å². The van der Waals surface area contributed by atoms with Crippen molar-refractivity contribution in [2.75, 3.05) is 6.61 Å². The number of aliphatic hydroxyl groups excluding tert-OH is 3. The summed E-state index contributed by atoms with van der Waals surface area (Å²) < 4.78 is 9.43. The van der Waals surface area contributed by atoms with Crippen molar-refractivity contribution < 1.29 is 24.9 Å². The molecule has 0 saturated carbocycles. The number of nitrogens with one attached hydrogen (secondary N) is 1. The first-order valence-electron chi connectivity index (χ1n) is 9.42. The maximum Gasteiger partial charge on any atom is 0.217 e. The van der Waals surface area contributed by atoms with Crippen molar-refractivity contribution in [1.29, 1.82) is 0 Å². The zero-order chi connectivity index (χ0) is 21.3. The lowest BCUT2D eigenvalue weighted by molar-refractivity contribution is -0.219. The van der Waals surface area contributed by atoms with E-state index in [4.69, 9.17) is 17.0 Å². The number of aliphatic hydroxyl groups is 3. The van der Waals surface area contributed by atoms with Gasteiger partial charge in [-0.3, -0.25) is 9.36 Å². The molecule has 1 aliphatic rings. The summed E-state index contributed by atoms with van der Waals surface area (Å²) >= 11 is 5.64. The Morgan fingerprint density at radius 2 is 1.93 bits per heavy atom. The molecule has 158 valence electrons. The summed E-state index contributed by atoms with van der Waals surface area (Å²) in [6.45, 7) is 4.73. The zero-order valence-corrected chi connectivity index (χ0v) is 17.3. The third-order valence-electron chi connectivity index (χ3n) is 4.89. The molecule has 9 nitrogen and oxygen atoms in total. The summed E-state index contributed by atoms with van der Waals surface area (Å²) in [5, 5.41) is 37.6. The van der Waals surface area contributed by atoms with Gasteiger partial charge in [-0.1, -0.05) is 30.3 Å². The Morgan fingerprint density at radius 3 is 2.48 bits per heavy atom. The van der Waals surface area contributed by atoms with Gasteiger partial charge in [0, 0.05) is 18.5 Å². The van der Waals surface area contributed by atoms with E-state index in [1.807, 2.05) is 48.7 Å². The van der Waals surface area contributed by atoms with E-state index in [0.717, 1.165) is 5.56 Å². The number of carbonyl (C=O) groups is 1. The second kappa shape index (κ2) is 8.72. The minimum absolute atomic E-state index is 0.0154. The molecule has 1 amide bonds. The largest absolute Gasteiger partial charge is 0.394 e. The number of hydrogen-bond acceptors (Lipinski definition) is 7. The molecule has 2 heterocycles. The van der Waals surface area contributed by atoms with Gasteiger partial charge in [-0.2, -0.15) is 0 Å². The van der Waals surface area contributed by atoms with Crippen molar-refractivity contribution >= 4 is 18.1 Å². The van der Waals surface area contributed by atoms with Crippen LogP contribution in [0.5, 0.6) is 0 Å². The predicted molar refractivity (Wildman–Crippen MR) is 107 cm³/mol. The number of benzene rings is 1. The highest BCUT2D eigenvalue weighted by Gasteiger charge is 2.46. The van der Waals surface area contributed by atoms with Gasteiger partial charge in [0.15, 0.2) is 12.1 Å². The van der Waals surface area contributed by atoms with Gasteiger partial charge in [0.1, 0.15) is 24.4 Å². The number of amides is 1. The Kier molecular flexibility index (Phi) is 6.49. The topological polar surface area (TPSA) is 122 Å². The first-order chi connectivity index (χ1) is 13.8. The summed E-state index contributed by atoms with van der Waals surface area (Å²) in [4.78, 5) is 11.7. The van der Waals surface area contributed by atoms with Crippen LogP contribution >= 0.6 is 12.2 Å². The third-order valence-corrected chi connectivity index (χ3v) is 5.28. The molecule has 1 aromatic carbocycles. The molecule has 10 heteroatoms. The van der Waals surface area contributed by atoms with E-state index in [-0.39, 0.29) is 6.04 Å². The molecule has 2 aromatic rings. The molecule has 1 saturated heterocycles. The summed E-state index contributed by atoms with van der Waals surface area (Å²) in [7, 11) is 0. The molecule has 0 aliphatic carbocycles. The van der Waals surface area contributed by atoms with Crippen molar-refractivity contribution in [3.05, 3.63) is 35.1 Å². The molecule has 3 rings (SSSR count). The first-order valence-corrected chi connectivity index (χ1v) is 9.83. The standard InChI is InChI=1S/C19H26N4O5S/c1-10(2)22-17(12-7-5-4-6-8-12)21-23(19(22)29)18-14(20-11(3)25)16(27)15(26)13(9-24)28-18/h4-8,10,13-16,18,24,26-27H,9H2,1-3H3,(H,20,25)/t13-,14-,15-,16-,18-/m1/s1. The highest BCUT2D eigenvalue weighted by atomic mass is 32.1. The highest BCUT2D eigenvalue weighted by Crippen LogP contribution is 2.31. The van der Waals surface area contributed by atoms with Crippen LogP contribution < -0.4 is 5.32 Å². The molecule has 0 spiro atoms. The van der Waals surface area contributed by atoms with E-state index in [1.165, 1.54) is 11.6 Å². The zero-order valence-electron chi connectivity index (χ0n) is 16.5. The van der Waals surface area contributed by atoms with Crippen LogP contribution in [0.25, 0.3) is 11.4 Å². The first kappa shape index (κ1) is 21.6. The maximum atomic E-state index is 11.7. The van der Waals surface area contributed by atoms with E-state index in [2.05, 4.69) is 10.4 Å². The van der Waals surface area contributed by atoms with Crippen molar-refractivity contribution in [3.63, 3.8) is 0 Å². The molecule has 29 heavy (non-hydrogen) atoms. The van der Waals surface area contributed by atoms with Crippen LogP contribution in [0.2, 0.25) is 0 Å². The van der Waals surface area contributed by atoms with Crippen LogP contribution in [0.1, 0.15) is 33.0 Å². The van der Waals surface area contributed by atoms with E-state index >= 15 is 0 Å². The van der Waals surface area contributed by atoms with Crippen LogP contribution in [0.4, 0.5) is 0 Å².